The van der Waals surface area contributed by atoms with Crippen molar-refractivity contribution in [2.24, 2.45) is 5.92 Å². The van der Waals surface area contributed by atoms with Crippen molar-refractivity contribution in [2.75, 3.05) is 39.8 Å². The molecule has 1 aliphatic rings. The van der Waals surface area contributed by atoms with Crippen molar-refractivity contribution in [2.45, 2.75) is 52.6 Å². The van der Waals surface area contributed by atoms with Gasteiger partial charge >= 0.3 is 0 Å². The maximum Gasteiger partial charge on any atom is 0.0117 e. The zero-order valence-corrected chi connectivity index (χ0v) is 13.1. The zero-order valence-electron chi connectivity index (χ0n) is 13.1. The Hall–Kier alpha value is -0.120. The molecule has 0 aromatic carbocycles. The largest absolute Gasteiger partial charge is 0.314 e. The van der Waals surface area contributed by atoms with Crippen LogP contribution >= 0.6 is 0 Å². The standard InChI is InChI=1S/C15H33N3/c1-6-18-9-7-15(8-10-18)17(5)12-14(4)11-16-13(2)3/h13-16H,6-12H2,1-5H3. The molecule has 1 atom stereocenters. The highest BCUT2D eigenvalue weighted by Crippen LogP contribution is 2.16. The number of nitrogens with zero attached hydrogens (tertiary/aromatic N) is 2. The topological polar surface area (TPSA) is 18.5 Å². The highest BCUT2D eigenvalue weighted by atomic mass is 15.2. The lowest BCUT2D eigenvalue weighted by Gasteiger charge is -2.37. The summed E-state index contributed by atoms with van der Waals surface area (Å²) in [6, 6.07) is 1.40. The van der Waals surface area contributed by atoms with E-state index in [1.54, 1.807) is 0 Å². The fourth-order valence-electron chi connectivity index (χ4n) is 2.82. The molecule has 1 N–H and O–H groups in total. The summed E-state index contributed by atoms with van der Waals surface area (Å²) in [5.41, 5.74) is 0. The van der Waals surface area contributed by atoms with Gasteiger partial charge in [0.15, 0.2) is 0 Å². The van der Waals surface area contributed by atoms with Crippen molar-refractivity contribution >= 4 is 0 Å². The van der Waals surface area contributed by atoms with Crippen molar-refractivity contribution in [3.05, 3.63) is 0 Å². The van der Waals surface area contributed by atoms with E-state index in [2.05, 4.69) is 49.9 Å². The molecule has 0 saturated carbocycles. The third-order valence-corrected chi connectivity index (χ3v) is 4.10. The van der Waals surface area contributed by atoms with Crippen LogP contribution in [0.4, 0.5) is 0 Å². The summed E-state index contributed by atoms with van der Waals surface area (Å²) in [6.45, 7) is 15.2. The Labute approximate surface area is 114 Å². The Morgan fingerprint density at radius 3 is 2.33 bits per heavy atom. The Morgan fingerprint density at radius 2 is 1.83 bits per heavy atom. The smallest absolute Gasteiger partial charge is 0.0117 e. The number of hydrogen-bond donors (Lipinski definition) is 1. The van der Waals surface area contributed by atoms with Crippen LogP contribution in [0.1, 0.15) is 40.5 Å². The first kappa shape index (κ1) is 15.9. The molecule has 0 aliphatic carbocycles. The average molecular weight is 255 g/mol. The van der Waals surface area contributed by atoms with Gasteiger partial charge in [-0.2, -0.15) is 0 Å². The summed E-state index contributed by atoms with van der Waals surface area (Å²) in [7, 11) is 2.30. The number of likely N-dealkylation sites (tertiary alicyclic amines) is 1. The van der Waals surface area contributed by atoms with Crippen LogP contribution in [0, 0.1) is 5.92 Å². The molecule has 3 nitrogen and oxygen atoms in total. The van der Waals surface area contributed by atoms with E-state index >= 15 is 0 Å². The molecular formula is C15H33N3. The lowest BCUT2D eigenvalue weighted by atomic mass is 10.0. The molecule has 18 heavy (non-hydrogen) atoms. The minimum Gasteiger partial charge on any atom is -0.314 e. The van der Waals surface area contributed by atoms with Gasteiger partial charge in [0.1, 0.15) is 0 Å². The van der Waals surface area contributed by atoms with E-state index in [1.807, 2.05) is 0 Å². The molecule has 3 heteroatoms. The van der Waals surface area contributed by atoms with Gasteiger partial charge in [-0.3, -0.25) is 0 Å². The second-order valence-electron chi connectivity index (χ2n) is 6.27. The normalized spacial score (nSPS) is 20.8. The third-order valence-electron chi connectivity index (χ3n) is 4.10. The summed E-state index contributed by atoms with van der Waals surface area (Å²) in [4.78, 5) is 5.15. The zero-order chi connectivity index (χ0) is 13.5. The van der Waals surface area contributed by atoms with E-state index in [9.17, 15) is 0 Å². The molecule has 0 radical (unpaired) electrons. The molecular weight excluding hydrogens is 222 g/mol. The average Bonchev–Trinajstić information content (AvgIpc) is 2.36. The van der Waals surface area contributed by atoms with Gasteiger partial charge in [-0.05, 0) is 52.0 Å². The van der Waals surface area contributed by atoms with E-state index in [4.69, 9.17) is 0 Å². The van der Waals surface area contributed by atoms with Crippen LogP contribution < -0.4 is 5.32 Å². The van der Waals surface area contributed by atoms with Crippen LogP contribution in [0.25, 0.3) is 0 Å². The first-order chi connectivity index (χ1) is 8.52. The molecule has 0 spiro atoms. The van der Waals surface area contributed by atoms with Crippen LogP contribution in [0.3, 0.4) is 0 Å². The number of piperidine rings is 1. The Kier molecular flexibility index (Phi) is 7.20. The van der Waals surface area contributed by atoms with Crippen LogP contribution in [0.15, 0.2) is 0 Å². The minimum atomic E-state index is 0.602. The SMILES string of the molecule is CCN1CCC(N(C)CC(C)CNC(C)C)CC1. The molecule has 0 aromatic heterocycles. The van der Waals surface area contributed by atoms with Gasteiger partial charge in [0, 0.05) is 18.6 Å². The number of hydrogen-bond acceptors (Lipinski definition) is 3. The summed E-state index contributed by atoms with van der Waals surface area (Å²) in [5.74, 6) is 0.738. The second kappa shape index (κ2) is 8.13. The Balaban J connectivity index is 2.22. The molecule has 0 bridgehead atoms. The molecule has 1 heterocycles. The lowest BCUT2D eigenvalue weighted by molar-refractivity contribution is 0.120. The van der Waals surface area contributed by atoms with Gasteiger partial charge in [0.05, 0.1) is 0 Å². The van der Waals surface area contributed by atoms with Crippen molar-refractivity contribution < 1.29 is 0 Å². The molecule has 1 rings (SSSR count). The monoisotopic (exact) mass is 255 g/mol. The summed E-state index contributed by atoms with van der Waals surface area (Å²) >= 11 is 0. The van der Waals surface area contributed by atoms with Gasteiger partial charge in [0.2, 0.25) is 0 Å². The highest BCUT2D eigenvalue weighted by Gasteiger charge is 2.22. The first-order valence-corrected chi connectivity index (χ1v) is 7.68. The molecule has 108 valence electrons. The lowest BCUT2D eigenvalue weighted by Crippen LogP contribution is -2.45. The number of nitrogens with one attached hydrogen (secondary N) is 1. The third kappa shape index (κ3) is 5.68. The van der Waals surface area contributed by atoms with Crippen LogP contribution in [-0.2, 0) is 0 Å². The van der Waals surface area contributed by atoms with E-state index < -0.39 is 0 Å². The van der Waals surface area contributed by atoms with E-state index in [0.29, 0.717) is 6.04 Å². The van der Waals surface area contributed by atoms with E-state index in [0.717, 1.165) is 18.5 Å². The maximum atomic E-state index is 3.53. The summed E-state index contributed by atoms with van der Waals surface area (Å²) in [6.07, 6.45) is 2.68. The van der Waals surface area contributed by atoms with Gasteiger partial charge in [-0.25, -0.2) is 0 Å². The number of rotatable bonds is 7. The van der Waals surface area contributed by atoms with Crippen molar-refractivity contribution in [1.82, 2.24) is 15.1 Å². The molecule has 1 unspecified atom stereocenters. The molecule has 0 aromatic rings. The molecule has 1 fully saturated rings. The second-order valence-corrected chi connectivity index (χ2v) is 6.27. The first-order valence-electron chi connectivity index (χ1n) is 7.68. The van der Waals surface area contributed by atoms with Crippen molar-refractivity contribution in [3.63, 3.8) is 0 Å². The summed E-state index contributed by atoms with van der Waals surface area (Å²) in [5, 5.41) is 3.53. The van der Waals surface area contributed by atoms with E-state index in [-0.39, 0.29) is 0 Å². The Morgan fingerprint density at radius 1 is 1.22 bits per heavy atom. The van der Waals surface area contributed by atoms with Crippen LogP contribution in [0.5, 0.6) is 0 Å². The maximum absolute atomic E-state index is 3.53. The Bertz CT molecular complexity index is 210. The van der Waals surface area contributed by atoms with E-state index in [1.165, 1.54) is 39.0 Å². The van der Waals surface area contributed by atoms with Crippen molar-refractivity contribution in [3.8, 4) is 0 Å². The highest BCUT2D eigenvalue weighted by molar-refractivity contribution is 4.79. The van der Waals surface area contributed by atoms with Gasteiger partial charge < -0.3 is 15.1 Å². The van der Waals surface area contributed by atoms with Crippen LogP contribution in [0.2, 0.25) is 0 Å². The molecule has 1 saturated heterocycles. The summed E-state index contributed by atoms with van der Waals surface area (Å²) < 4.78 is 0. The predicted octanol–water partition coefficient (Wildman–Crippen LogP) is 2.04. The van der Waals surface area contributed by atoms with Gasteiger partial charge in [0.25, 0.3) is 0 Å². The van der Waals surface area contributed by atoms with Gasteiger partial charge in [-0.1, -0.05) is 27.7 Å². The van der Waals surface area contributed by atoms with Crippen LogP contribution in [-0.4, -0.2) is 61.7 Å². The quantitative estimate of drug-likeness (QED) is 0.751. The molecule has 1 aliphatic heterocycles. The fourth-order valence-corrected chi connectivity index (χ4v) is 2.82. The van der Waals surface area contributed by atoms with Gasteiger partial charge in [-0.15, -0.1) is 0 Å². The minimum absolute atomic E-state index is 0.602. The molecule has 0 amide bonds. The fraction of sp³-hybridized carbons (Fsp3) is 1.00. The van der Waals surface area contributed by atoms with Crippen molar-refractivity contribution in [1.29, 1.82) is 0 Å². The predicted molar refractivity (Wildman–Crippen MR) is 80.1 cm³/mol.